The molecule has 0 aliphatic rings. The summed E-state index contributed by atoms with van der Waals surface area (Å²) in [5, 5.41) is 2.67. The van der Waals surface area contributed by atoms with Crippen LogP contribution in [0.4, 0.5) is 10.1 Å². The number of amides is 1. The lowest BCUT2D eigenvalue weighted by molar-refractivity contribution is 0.102. The lowest BCUT2D eigenvalue weighted by Crippen LogP contribution is -2.40. The van der Waals surface area contributed by atoms with Crippen molar-refractivity contribution in [1.29, 1.82) is 0 Å². The van der Waals surface area contributed by atoms with E-state index in [0.29, 0.717) is 16.1 Å². The summed E-state index contributed by atoms with van der Waals surface area (Å²) in [6.07, 6.45) is 0. The quantitative estimate of drug-likeness (QED) is 0.841. The Hall–Kier alpha value is -1.77. The van der Waals surface area contributed by atoms with Gasteiger partial charge in [-0.25, -0.2) is 17.5 Å². The van der Waals surface area contributed by atoms with E-state index in [-0.39, 0.29) is 15.6 Å². The van der Waals surface area contributed by atoms with Gasteiger partial charge in [0.2, 0.25) is 0 Å². The Morgan fingerprint density at radius 3 is 2.36 bits per heavy atom. The fourth-order valence-electron chi connectivity index (χ4n) is 2.19. The molecule has 1 amide bonds. The van der Waals surface area contributed by atoms with Crippen molar-refractivity contribution < 1.29 is 17.6 Å². The van der Waals surface area contributed by atoms with E-state index in [2.05, 4.69) is 10.0 Å². The van der Waals surface area contributed by atoms with Crippen LogP contribution >= 0.6 is 11.3 Å². The smallest absolute Gasteiger partial charge is 0.256 e. The largest absolute Gasteiger partial charge is 0.322 e. The summed E-state index contributed by atoms with van der Waals surface area (Å²) >= 11 is 1.04. The molecule has 0 bridgehead atoms. The van der Waals surface area contributed by atoms with Crippen molar-refractivity contribution in [3.8, 4) is 0 Å². The number of carbonyl (C=O) groups excluding carboxylic acids is 1. The van der Waals surface area contributed by atoms with E-state index in [1.165, 1.54) is 24.3 Å². The molecule has 0 radical (unpaired) electrons. The number of carbonyl (C=O) groups is 1. The Balaban J connectivity index is 2.27. The second-order valence-corrected chi connectivity index (χ2v) is 9.97. The van der Waals surface area contributed by atoms with Gasteiger partial charge in [-0.15, -0.1) is 11.3 Å². The normalized spacial score (nSPS) is 12.2. The Labute approximate surface area is 151 Å². The predicted octanol–water partition coefficient (Wildman–Crippen LogP) is 3.83. The van der Waals surface area contributed by atoms with Crippen LogP contribution in [0.15, 0.2) is 28.5 Å². The van der Waals surface area contributed by atoms with E-state index in [0.717, 1.165) is 11.3 Å². The number of anilines is 1. The summed E-state index contributed by atoms with van der Waals surface area (Å²) in [4.78, 5) is 13.0. The molecule has 25 heavy (non-hydrogen) atoms. The van der Waals surface area contributed by atoms with Gasteiger partial charge in [0.1, 0.15) is 10.0 Å². The molecule has 1 heterocycles. The summed E-state index contributed by atoms with van der Waals surface area (Å²) in [6, 6.07) is 5.61. The average Bonchev–Trinajstić information content (AvgIpc) is 2.83. The zero-order chi connectivity index (χ0) is 19.0. The highest BCUT2D eigenvalue weighted by Gasteiger charge is 2.26. The minimum Gasteiger partial charge on any atom is -0.322 e. The van der Waals surface area contributed by atoms with Crippen LogP contribution < -0.4 is 10.0 Å². The maximum absolute atomic E-state index is 13.3. The Kier molecular flexibility index (Phi) is 5.36. The van der Waals surface area contributed by atoms with Gasteiger partial charge < -0.3 is 5.32 Å². The molecule has 0 saturated carbocycles. The van der Waals surface area contributed by atoms with Crippen LogP contribution in [0, 0.1) is 19.7 Å². The first-order valence-corrected chi connectivity index (χ1v) is 9.91. The van der Waals surface area contributed by atoms with Crippen molar-refractivity contribution in [3.63, 3.8) is 0 Å². The number of hydrogen-bond donors (Lipinski definition) is 2. The van der Waals surface area contributed by atoms with E-state index in [4.69, 9.17) is 0 Å². The second-order valence-electron chi connectivity index (χ2n) is 6.81. The molecule has 5 nitrogen and oxygen atoms in total. The van der Waals surface area contributed by atoms with Crippen LogP contribution in [-0.2, 0) is 10.0 Å². The molecule has 8 heteroatoms. The second kappa shape index (κ2) is 6.86. The zero-order valence-electron chi connectivity index (χ0n) is 14.7. The van der Waals surface area contributed by atoms with Crippen molar-refractivity contribution in [1.82, 2.24) is 4.72 Å². The standard InChI is InChI=1S/C17H21FN2O3S2/c1-10-8-12(6-7-14(10)18)19-16(21)13-9-15(24-11(13)2)25(22,23)20-17(3,4)5/h6-9,20H,1-5H3,(H,19,21). The van der Waals surface area contributed by atoms with Gasteiger partial charge in [0, 0.05) is 16.1 Å². The van der Waals surface area contributed by atoms with Crippen LogP contribution in [0.2, 0.25) is 0 Å². The summed E-state index contributed by atoms with van der Waals surface area (Å²) in [5.74, 6) is -0.789. The summed E-state index contributed by atoms with van der Waals surface area (Å²) < 4.78 is 40.8. The van der Waals surface area contributed by atoms with Crippen LogP contribution in [0.5, 0.6) is 0 Å². The SMILES string of the molecule is Cc1cc(NC(=O)c2cc(S(=O)(=O)NC(C)(C)C)sc2C)ccc1F. The Morgan fingerprint density at radius 1 is 1.16 bits per heavy atom. The van der Waals surface area contributed by atoms with Gasteiger partial charge in [0.25, 0.3) is 15.9 Å². The van der Waals surface area contributed by atoms with Crippen molar-refractivity contribution >= 4 is 33.0 Å². The van der Waals surface area contributed by atoms with Crippen LogP contribution in [-0.4, -0.2) is 19.9 Å². The van der Waals surface area contributed by atoms with Gasteiger partial charge in [-0.05, 0) is 64.4 Å². The number of rotatable bonds is 4. The molecule has 0 aliphatic heterocycles. The number of sulfonamides is 1. The third-order valence-electron chi connectivity index (χ3n) is 3.26. The third kappa shape index (κ3) is 4.87. The number of benzene rings is 1. The monoisotopic (exact) mass is 384 g/mol. The van der Waals surface area contributed by atoms with Gasteiger partial charge in [0.15, 0.2) is 0 Å². The highest BCUT2D eigenvalue weighted by molar-refractivity contribution is 7.91. The molecule has 136 valence electrons. The molecule has 1 aromatic carbocycles. The number of nitrogens with one attached hydrogen (secondary N) is 2. The molecule has 0 spiro atoms. The van der Waals surface area contributed by atoms with E-state index >= 15 is 0 Å². The molecule has 0 fully saturated rings. The first-order valence-electron chi connectivity index (χ1n) is 7.61. The number of halogens is 1. The molecule has 1 aromatic heterocycles. The van der Waals surface area contributed by atoms with E-state index < -0.39 is 21.5 Å². The van der Waals surface area contributed by atoms with Crippen LogP contribution in [0.25, 0.3) is 0 Å². The maximum Gasteiger partial charge on any atom is 0.256 e. The molecule has 0 aliphatic carbocycles. The van der Waals surface area contributed by atoms with Crippen LogP contribution in [0.3, 0.4) is 0 Å². The maximum atomic E-state index is 13.3. The number of hydrogen-bond acceptors (Lipinski definition) is 4. The first kappa shape index (κ1) is 19.6. The molecule has 2 aromatic rings. The van der Waals surface area contributed by atoms with Crippen molar-refractivity contribution in [3.05, 3.63) is 46.1 Å². The van der Waals surface area contributed by atoms with Gasteiger partial charge >= 0.3 is 0 Å². The Bertz CT molecular complexity index is 912. The molecular weight excluding hydrogens is 363 g/mol. The molecule has 0 atom stereocenters. The summed E-state index contributed by atoms with van der Waals surface area (Å²) in [7, 11) is -3.70. The van der Waals surface area contributed by atoms with Crippen molar-refractivity contribution in [2.75, 3.05) is 5.32 Å². The molecule has 0 saturated heterocycles. The average molecular weight is 384 g/mol. The van der Waals surface area contributed by atoms with Gasteiger partial charge in [-0.2, -0.15) is 0 Å². The van der Waals surface area contributed by atoms with Crippen LogP contribution in [0.1, 0.15) is 41.6 Å². The lowest BCUT2D eigenvalue weighted by Gasteiger charge is -2.19. The molecule has 0 unspecified atom stereocenters. The molecule has 2 rings (SSSR count). The first-order chi connectivity index (χ1) is 11.4. The van der Waals surface area contributed by atoms with Gasteiger partial charge in [0.05, 0.1) is 5.56 Å². The van der Waals surface area contributed by atoms with E-state index in [1.54, 1.807) is 34.6 Å². The van der Waals surface area contributed by atoms with Gasteiger partial charge in [-0.3, -0.25) is 4.79 Å². The van der Waals surface area contributed by atoms with Gasteiger partial charge in [-0.1, -0.05) is 0 Å². The topological polar surface area (TPSA) is 75.3 Å². The minimum absolute atomic E-state index is 0.0837. The highest BCUT2D eigenvalue weighted by atomic mass is 32.2. The van der Waals surface area contributed by atoms with Crippen molar-refractivity contribution in [2.45, 2.75) is 44.4 Å². The summed E-state index contributed by atoms with van der Waals surface area (Å²) in [5.41, 5.74) is 0.524. The minimum atomic E-state index is -3.70. The highest BCUT2D eigenvalue weighted by Crippen LogP contribution is 2.27. The zero-order valence-corrected chi connectivity index (χ0v) is 16.4. The number of thiophene rings is 1. The third-order valence-corrected chi connectivity index (χ3v) is 6.54. The van der Waals surface area contributed by atoms with Crippen molar-refractivity contribution in [2.24, 2.45) is 0 Å². The fraction of sp³-hybridized carbons (Fsp3) is 0.353. The number of aryl methyl sites for hydroxylation is 2. The molecular formula is C17H21FN2O3S2. The Morgan fingerprint density at radius 2 is 1.80 bits per heavy atom. The van der Waals surface area contributed by atoms with E-state index in [1.807, 2.05) is 0 Å². The summed E-state index contributed by atoms with van der Waals surface area (Å²) in [6.45, 7) is 8.52. The van der Waals surface area contributed by atoms with E-state index in [9.17, 15) is 17.6 Å². The predicted molar refractivity (Wildman–Crippen MR) is 98.2 cm³/mol. The lowest BCUT2D eigenvalue weighted by atomic mass is 10.1. The fourth-order valence-corrected chi connectivity index (χ4v) is 5.05. The molecule has 2 N–H and O–H groups in total.